The summed E-state index contributed by atoms with van der Waals surface area (Å²) in [7, 11) is 0. The van der Waals surface area contributed by atoms with Crippen molar-refractivity contribution < 1.29 is 18.0 Å². The largest absolute Gasteiger partial charge is 0.417 e. The average molecular weight is 325 g/mol. The number of aryl methyl sites for hydroxylation is 1. The Morgan fingerprint density at radius 2 is 1.87 bits per heavy atom. The minimum atomic E-state index is -4.42. The average Bonchev–Trinajstić information content (AvgIpc) is 3.00. The first-order valence-electron chi connectivity index (χ1n) is 7.39. The number of unbranched alkanes of at least 4 members (excludes halogenated alkanes) is 2. The third-order valence-electron chi connectivity index (χ3n) is 3.34. The first-order chi connectivity index (χ1) is 10.9. The summed E-state index contributed by atoms with van der Waals surface area (Å²) in [6, 6.07) is 5.99. The van der Waals surface area contributed by atoms with Crippen molar-refractivity contribution in [3.63, 3.8) is 0 Å². The molecule has 23 heavy (non-hydrogen) atoms. The number of carbonyl (C=O) groups is 1. The molecule has 0 fully saturated rings. The topological polar surface area (TPSA) is 46.9 Å². The first kappa shape index (κ1) is 17.1. The van der Waals surface area contributed by atoms with Gasteiger partial charge in [-0.3, -0.25) is 4.79 Å². The van der Waals surface area contributed by atoms with Gasteiger partial charge in [0.15, 0.2) is 0 Å². The van der Waals surface area contributed by atoms with E-state index in [1.165, 1.54) is 0 Å². The highest BCUT2D eigenvalue weighted by Crippen LogP contribution is 2.28. The van der Waals surface area contributed by atoms with Crippen molar-refractivity contribution >= 4 is 11.7 Å². The van der Waals surface area contributed by atoms with Crippen LogP contribution in [0, 0.1) is 0 Å². The number of carbonyl (C=O) groups excluding carboxylic acids is 1. The summed E-state index contributed by atoms with van der Waals surface area (Å²) >= 11 is 0. The smallest absolute Gasteiger partial charge is 0.354 e. The molecule has 2 aromatic heterocycles. The summed E-state index contributed by atoms with van der Waals surface area (Å²) in [6.45, 7) is 0.912. The fraction of sp³-hybridized carbons (Fsp3) is 0.375. The molecule has 2 rings (SSSR count). The molecule has 1 amide bonds. The van der Waals surface area contributed by atoms with Crippen molar-refractivity contribution in [1.82, 2.24) is 9.55 Å². The fourth-order valence-electron chi connectivity index (χ4n) is 2.12. The van der Waals surface area contributed by atoms with Crippen LogP contribution in [0.2, 0.25) is 0 Å². The predicted molar refractivity (Wildman–Crippen MR) is 80.8 cm³/mol. The molecule has 1 N–H and O–H groups in total. The monoisotopic (exact) mass is 325 g/mol. The van der Waals surface area contributed by atoms with Gasteiger partial charge in [0, 0.05) is 31.6 Å². The first-order valence-corrected chi connectivity index (χ1v) is 7.39. The summed E-state index contributed by atoms with van der Waals surface area (Å²) < 4.78 is 39.3. The van der Waals surface area contributed by atoms with Crippen LogP contribution in [-0.2, 0) is 17.5 Å². The van der Waals surface area contributed by atoms with Crippen LogP contribution in [-0.4, -0.2) is 15.5 Å². The number of hydrogen-bond donors (Lipinski definition) is 1. The second-order valence-corrected chi connectivity index (χ2v) is 5.21. The lowest BCUT2D eigenvalue weighted by Crippen LogP contribution is -2.13. The van der Waals surface area contributed by atoms with Crippen molar-refractivity contribution in [1.29, 1.82) is 0 Å². The van der Waals surface area contributed by atoms with E-state index in [-0.39, 0.29) is 11.7 Å². The van der Waals surface area contributed by atoms with E-state index in [2.05, 4.69) is 14.9 Å². The van der Waals surface area contributed by atoms with Crippen LogP contribution >= 0.6 is 0 Å². The maximum atomic E-state index is 12.4. The van der Waals surface area contributed by atoms with Gasteiger partial charge in [-0.1, -0.05) is 6.42 Å². The Labute approximate surface area is 132 Å². The van der Waals surface area contributed by atoms with E-state index < -0.39 is 11.7 Å². The molecule has 2 aromatic rings. The summed E-state index contributed by atoms with van der Waals surface area (Å²) in [4.78, 5) is 15.3. The maximum Gasteiger partial charge on any atom is 0.417 e. The number of amides is 1. The third-order valence-corrected chi connectivity index (χ3v) is 3.34. The van der Waals surface area contributed by atoms with Crippen LogP contribution in [0.1, 0.15) is 31.2 Å². The van der Waals surface area contributed by atoms with Gasteiger partial charge in [-0.15, -0.1) is 0 Å². The molecular weight excluding hydrogens is 307 g/mol. The zero-order valence-corrected chi connectivity index (χ0v) is 12.5. The molecule has 2 heterocycles. The Hall–Kier alpha value is -2.31. The van der Waals surface area contributed by atoms with E-state index in [1.54, 1.807) is 0 Å². The lowest BCUT2D eigenvalue weighted by atomic mass is 10.2. The Morgan fingerprint density at radius 3 is 2.48 bits per heavy atom. The van der Waals surface area contributed by atoms with Crippen LogP contribution in [0.4, 0.5) is 19.0 Å². The van der Waals surface area contributed by atoms with Crippen LogP contribution < -0.4 is 5.32 Å². The van der Waals surface area contributed by atoms with Crippen molar-refractivity contribution in [2.45, 2.75) is 38.4 Å². The molecule has 0 atom stereocenters. The third kappa shape index (κ3) is 5.77. The summed E-state index contributed by atoms with van der Waals surface area (Å²) in [5.41, 5.74) is -0.833. The van der Waals surface area contributed by atoms with Gasteiger partial charge in [0.25, 0.3) is 0 Å². The van der Waals surface area contributed by atoms with Crippen LogP contribution in [0.15, 0.2) is 42.9 Å². The molecule has 0 aliphatic heterocycles. The van der Waals surface area contributed by atoms with Gasteiger partial charge >= 0.3 is 6.18 Å². The number of nitrogens with zero attached hydrogens (tertiary/aromatic N) is 2. The number of halogens is 3. The maximum absolute atomic E-state index is 12.4. The predicted octanol–water partition coefficient (Wildman–Crippen LogP) is 4.10. The minimum absolute atomic E-state index is 0.135. The molecule has 0 spiro atoms. The molecule has 0 radical (unpaired) electrons. The molecular formula is C16H18F3N3O. The molecule has 4 nitrogen and oxygen atoms in total. The van der Waals surface area contributed by atoms with Crippen molar-refractivity contribution in [2.75, 3.05) is 5.32 Å². The Bertz CT molecular complexity index is 607. The molecule has 7 heteroatoms. The van der Waals surface area contributed by atoms with Crippen LogP contribution in [0.5, 0.6) is 0 Å². The van der Waals surface area contributed by atoms with Gasteiger partial charge < -0.3 is 9.88 Å². The zero-order valence-electron chi connectivity index (χ0n) is 12.5. The number of rotatable bonds is 7. The van der Waals surface area contributed by atoms with E-state index in [4.69, 9.17) is 0 Å². The van der Waals surface area contributed by atoms with Crippen LogP contribution in [0.3, 0.4) is 0 Å². The Morgan fingerprint density at radius 1 is 1.13 bits per heavy atom. The Kier molecular flexibility index (Phi) is 5.78. The number of hydrogen-bond acceptors (Lipinski definition) is 2. The van der Waals surface area contributed by atoms with E-state index in [1.807, 2.05) is 24.5 Å². The molecule has 0 aliphatic carbocycles. The quantitative estimate of drug-likeness (QED) is 0.779. The van der Waals surface area contributed by atoms with Gasteiger partial charge in [-0.05, 0) is 37.1 Å². The molecule has 0 bridgehead atoms. The molecule has 0 saturated carbocycles. The van der Waals surface area contributed by atoms with Crippen molar-refractivity contribution in [2.24, 2.45) is 0 Å². The number of alkyl halides is 3. The van der Waals surface area contributed by atoms with Gasteiger partial charge in [0.1, 0.15) is 5.82 Å². The summed E-state index contributed by atoms with van der Waals surface area (Å²) in [5.74, 6) is -0.103. The zero-order chi connectivity index (χ0) is 16.7. The van der Waals surface area contributed by atoms with Crippen molar-refractivity contribution in [3.05, 3.63) is 48.4 Å². The van der Waals surface area contributed by atoms with E-state index in [0.717, 1.165) is 37.9 Å². The highest BCUT2D eigenvalue weighted by Gasteiger charge is 2.30. The van der Waals surface area contributed by atoms with E-state index in [9.17, 15) is 18.0 Å². The highest BCUT2D eigenvalue weighted by molar-refractivity contribution is 5.89. The fourth-order valence-corrected chi connectivity index (χ4v) is 2.12. The van der Waals surface area contributed by atoms with Gasteiger partial charge in [-0.2, -0.15) is 13.2 Å². The van der Waals surface area contributed by atoms with E-state index >= 15 is 0 Å². The standard InChI is InChI=1S/C16H18F3N3O/c17-16(18,19)13-7-8-14(20-12-13)21-15(23)6-2-1-3-9-22-10-4-5-11-22/h4-5,7-8,10-12H,1-3,6,9H2,(H,20,21,23). The van der Waals surface area contributed by atoms with Crippen LogP contribution in [0.25, 0.3) is 0 Å². The molecule has 0 aliphatic rings. The molecule has 0 unspecified atom stereocenters. The van der Waals surface area contributed by atoms with Gasteiger partial charge in [0.2, 0.25) is 5.91 Å². The summed E-state index contributed by atoms with van der Waals surface area (Å²) in [5, 5.41) is 2.50. The van der Waals surface area contributed by atoms with Gasteiger partial charge in [0.05, 0.1) is 5.56 Å². The minimum Gasteiger partial charge on any atom is -0.354 e. The van der Waals surface area contributed by atoms with E-state index in [0.29, 0.717) is 12.6 Å². The lowest BCUT2D eigenvalue weighted by Gasteiger charge is -2.08. The second kappa shape index (κ2) is 7.80. The molecule has 124 valence electrons. The lowest BCUT2D eigenvalue weighted by molar-refractivity contribution is -0.137. The number of pyridine rings is 1. The number of nitrogens with one attached hydrogen (secondary N) is 1. The molecule has 0 aromatic carbocycles. The number of aromatic nitrogens is 2. The normalized spacial score (nSPS) is 11.4. The van der Waals surface area contributed by atoms with Crippen molar-refractivity contribution in [3.8, 4) is 0 Å². The second-order valence-electron chi connectivity index (χ2n) is 5.21. The summed E-state index contributed by atoms with van der Waals surface area (Å²) in [6.07, 6.45) is 3.21. The molecule has 0 saturated heterocycles. The number of anilines is 1. The Balaban J connectivity index is 1.66. The van der Waals surface area contributed by atoms with Gasteiger partial charge in [-0.25, -0.2) is 4.98 Å². The highest BCUT2D eigenvalue weighted by atomic mass is 19.4. The SMILES string of the molecule is O=C(CCCCCn1cccc1)Nc1ccc(C(F)(F)F)cn1.